The lowest BCUT2D eigenvalue weighted by Gasteiger charge is -2.10. The molecular weight excluding hydrogens is 284 g/mol. The number of anilines is 3. The summed E-state index contributed by atoms with van der Waals surface area (Å²) in [6, 6.07) is 20.3. The van der Waals surface area contributed by atoms with Crippen molar-refractivity contribution in [3.05, 3.63) is 77.5 Å². The van der Waals surface area contributed by atoms with Gasteiger partial charge in [-0.1, -0.05) is 48.0 Å². The van der Waals surface area contributed by atoms with Crippen LogP contribution in [0, 0.1) is 13.8 Å². The quantitative estimate of drug-likeness (QED) is 0.731. The standard InChI is InChI=1S/C19H20N4/c1-14-7-6-8-16(11-14)13-20-19-21-15(2)12-18(23-19)22-17-9-4-3-5-10-17/h3-12H,13H2,1-2H3,(H2,20,21,22,23). The molecule has 0 amide bonds. The van der Waals surface area contributed by atoms with Gasteiger partial charge in [0, 0.05) is 24.0 Å². The monoisotopic (exact) mass is 304 g/mol. The topological polar surface area (TPSA) is 49.8 Å². The van der Waals surface area contributed by atoms with Gasteiger partial charge in [0.1, 0.15) is 5.82 Å². The summed E-state index contributed by atoms with van der Waals surface area (Å²) in [6.45, 7) is 4.76. The molecule has 116 valence electrons. The smallest absolute Gasteiger partial charge is 0.225 e. The van der Waals surface area contributed by atoms with Crippen LogP contribution in [-0.4, -0.2) is 9.97 Å². The second-order valence-corrected chi connectivity index (χ2v) is 5.55. The lowest BCUT2D eigenvalue weighted by Crippen LogP contribution is -2.06. The number of hydrogen-bond donors (Lipinski definition) is 2. The number of hydrogen-bond acceptors (Lipinski definition) is 4. The molecule has 2 N–H and O–H groups in total. The normalized spacial score (nSPS) is 10.3. The van der Waals surface area contributed by atoms with Gasteiger partial charge < -0.3 is 10.6 Å². The highest BCUT2D eigenvalue weighted by Gasteiger charge is 2.03. The summed E-state index contributed by atoms with van der Waals surface area (Å²) in [5.74, 6) is 1.42. The average molecular weight is 304 g/mol. The molecule has 0 atom stereocenters. The number of nitrogens with one attached hydrogen (secondary N) is 2. The minimum absolute atomic E-state index is 0.630. The second kappa shape index (κ2) is 6.92. The van der Waals surface area contributed by atoms with Crippen molar-refractivity contribution in [1.82, 2.24) is 9.97 Å². The molecule has 0 aliphatic heterocycles. The van der Waals surface area contributed by atoms with Crippen molar-refractivity contribution in [1.29, 1.82) is 0 Å². The Morgan fingerprint density at radius 1 is 0.870 bits per heavy atom. The number of aryl methyl sites for hydroxylation is 2. The van der Waals surface area contributed by atoms with Crippen molar-refractivity contribution >= 4 is 17.5 Å². The SMILES string of the molecule is Cc1cccc(CNc2nc(C)cc(Nc3ccccc3)n2)c1. The van der Waals surface area contributed by atoms with Crippen molar-refractivity contribution < 1.29 is 0 Å². The Balaban J connectivity index is 1.72. The minimum Gasteiger partial charge on any atom is -0.350 e. The number of rotatable bonds is 5. The molecule has 0 unspecified atom stereocenters. The van der Waals surface area contributed by atoms with Crippen LogP contribution in [0.25, 0.3) is 0 Å². The Labute approximate surface area is 136 Å². The van der Waals surface area contributed by atoms with Crippen molar-refractivity contribution in [3.63, 3.8) is 0 Å². The molecule has 0 bridgehead atoms. The molecule has 4 nitrogen and oxygen atoms in total. The molecule has 3 rings (SSSR count). The molecule has 3 aromatic rings. The van der Waals surface area contributed by atoms with Gasteiger partial charge in [0.2, 0.25) is 5.95 Å². The summed E-state index contributed by atoms with van der Waals surface area (Å²) in [6.07, 6.45) is 0. The maximum atomic E-state index is 4.53. The first kappa shape index (κ1) is 15.0. The molecule has 4 heteroatoms. The van der Waals surface area contributed by atoms with E-state index < -0.39 is 0 Å². The van der Waals surface area contributed by atoms with Crippen LogP contribution in [0.4, 0.5) is 17.5 Å². The van der Waals surface area contributed by atoms with Crippen molar-refractivity contribution in [2.24, 2.45) is 0 Å². The van der Waals surface area contributed by atoms with Crippen LogP contribution in [0.1, 0.15) is 16.8 Å². The third-order valence-electron chi connectivity index (χ3n) is 3.43. The maximum Gasteiger partial charge on any atom is 0.225 e. The zero-order valence-corrected chi connectivity index (χ0v) is 13.4. The fourth-order valence-electron chi connectivity index (χ4n) is 2.38. The number of aromatic nitrogens is 2. The van der Waals surface area contributed by atoms with Crippen LogP contribution < -0.4 is 10.6 Å². The fraction of sp³-hybridized carbons (Fsp3) is 0.158. The Morgan fingerprint density at radius 3 is 2.48 bits per heavy atom. The highest BCUT2D eigenvalue weighted by molar-refractivity contribution is 5.57. The summed E-state index contributed by atoms with van der Waals surface area (Å²) in [5.41, 5.74) is 4.40. The van der Waals surface area contributed by atoms with E-state index in [9.17, 15) is 0 Å². The first-order valence-corrected chi connectivity index (χ1v) is 7.66. The van der Waals surface area contributed by atoms with E-state index in [1.807, 2.05) is 43.3 Å². The molecule has 2 aromatic carbocycles. The molecule has 0 spiro atoms. The summed E-state index contributed by atoms with van der Waals surface area (Å²) in [7, 11) is 0. The average Bonchev–Trinajstić information content (AvgIpc) is 2.53. The van der Waals surface area contributed by atoms with Crippen LogP contribution in [0.5, 0.6) is 0 Å². The third kappa shape index (κ3) is 4.30. The summed E-state index contributed by atoms with van der Waals surface area (Å²) < 4.78 is 0. The summed E-state index contributed by atoms with van der Waals surface area (Å²) in [5, 5.41) is 6.59. The van der Waals surface area contributed by atoms with Gasteiger partial charge in [-0.2, -0.15) is 4.98 Å². The third-order valence-corrected chi connectivity index (χ3v) is 3.43. The molecule has 0 aliphatic carbocycles. The van der Waals surface area contributed by atoms with Gasteiger partial charge in [-0.3, -0.25) is 0 Å². The molecule has 0 radical (unpaired) electrons. The van der Waals surface area contributed by atoms with Gasteiger partial charge in [-0.15, -0.1) is 0 Å². The van der Waals surface area contributed by atoms with E-state index in [-0.39, 0.29) is 0 Å². The molecule has 0 saturated carbocycles. The van der Waals surface area contributed by atoms with Gasteiger partial charge >= 0.3 is 0 Å². The summed E-state index contributed by atoms with van der Waals surface area (Å²) >= 11 is 0. The van der Waals surface area contributed by atoms with Crippen molar-refractivity contribution in [3.8, 4) is 0 Å². The van der Waals surface area contributed by atoms with Crippen LogP contribution in [0.15, 0.2) is 60.7 Å². The zero-order valence-electron chi connectivity index (χ0n) is 13.4. The van der Waals surface area contributed by atoms with E-state index in [0.717, 1.165) is 17.2 Å². The first-order valence-electron chi connectivity index (χ1n) is 7.66. The highest BCUT2D eigenvalue weighted by atomic mass is 15.1. The predicted molar refractivity (Wildman–Crippen MR) is 95.0 cm³/mol. The highest BCUT2D eigenvalue weighted by Crippen LogP contribution is 2.16. The minimum atomic E-state index is 0.630. The second-order valence-electron chi connectivity index (χ2n) is 5.55. The summed E-state index contributed by atoms with van der Waals surface area (Å²) in [4.78, 5) is 8.98. The van der Waals surface area contributed by atoms with E-state index in [1.165, 1.54) is 11.1 Å². The van der Waals surface area contributed by atoms with Crippen LogP contribution in [-0.2, 0) is 6.54 Å². The van der Waals surface area contributed by atoms with Gasteiger partial charge in [-0.25, -0.2) is 4.98 Å². The van der Waals surface area contributed by atoms with Crippen LogP contribution in [0.2, 0.25) is 0 Å². The Hall–Kier alpha value is -2.88. The van der Waals surface area contributed by atoms with Gasteiger partial charge in [0.15, 0.2) is 0 Å². The molecule has 23 heavy (non-hydrogen) atoms. The van der Waals surface area contributed by atoms with E-state index >= 15 is 0 Å². The predicted octanol–water partition coefficient (Wildman–Crippen LogP) is 4.45. The molecule has 0 fully saturated rings. The molecular formula is C19H20N4. The van der Waals surface area contributed by atoms with E-state index in [2.05, 4.69) is 51.8 Å². The number of benzene rings is 2. The molecule has 0 aliphatic rings. The van der Waals surface area contributed by atoms with E-state index in [0.29, 0.717) is 12.5 Å². The largest absolute Gasteiger partial charge is 0.350 e. The van der Waals surface area contributed by atoms with Crippen molar-refractivity contribution in [2.75, 3.05) is 10.6 Å². The molecule has 0 saturated heterocycles. The Morgan fingerprint density at radius 2 is 1.70 bits per heavy atom. The van der Waals surface area contributed by atoms with Crippen LogP contribution in [0.3, 0.4) is 0 Å². The maximum absolute atomic E-state index is 4.53. The molecule has 1 heterocycles. The number of nitrogens with zero attached hydrogens (tertiary/aromatic N) is 2. The van der Waals surface area contributed by atoms with Gasteiger partial charge in [0.25, 0.3) is 0 Å². The first-order chi connectivity index (χ1) is 11.2. The van der Waals surface area contributed by atoms with Gasteiger partial charge in [0.05, 0.1) is 0 Å². The van der Waals surface area contributed by atoms with E-state index in [1.54, 1.807) is 0 Å². The van der Waals surface area contributed by atoms with Crippen molar-refractivity contribution in [2.45, 2.75) is 20.4 Å². The lowest BCUT2D eigenvalue weighted by molar-refractivity contribution is 1.03. The molecule has 1 aromatic heterocycles. The van der Waals surface area contributed by atoms with Crippen LogP contribution >= 0.6 is 0 Å². The fourth-order valence-corrected chi connectivity index (χ4v) is 2.38. The Bertz CT molecular complexity index is 784. The zero-order chi connectivity index (χ0) is 16.1. The number of para-hydroxylation sites is 1. The lowest BCUT2D eigenvalue weighted by atomic mass is 10.1. The Kier molecular flexibility index (Phi) is 4.52. The van der Waals surface area contributed by atoms with E-state index in [4.69, 9.17) is 0 Å². The van der Waals surface area contributed by atoms with Gasteiger partial charge in [-0.05, 0) is 31.5 Å².